The summed E-state index contributed by atoms with van der Waals surface area (Å²) in [5.41, 5.74) is 6.34. The lowest BCUT2D eigenvalue weighted by molar-refractivity contribution is 0.00139. The second kappa shape index (κ2) is 6.18. The van der Waals surface area contributed by atoms with Gasteiger partial charge in [0.15, 0.2) is 5.84 Å². The summed E-state index contributed by atoms with van der Waals surface area (Å²) in [7, 11) is 0. The molecule has 1 aliphatic heterocycles. The normalized spacial score (nSPS) is 21.6. The molecule has 0 radical (unpaired) electrons. The van der Waals surface area contributed by atoms with Crippen molar-refractivity contribution in [3.8, 4) is 0 Å². The van der Waals surface area contributed by atoms with Crippen LogP contribution in [-0.2, 0) is 11.3 Å². The van der Waals surface area contributed by atoms with Crippen molar-refractivity contribution in [3.63, 3.8) is 0 Å². The Labute approximate surface area is 115 Å². The van der Waals surface area contributed by atoms with E-state index in [9.17, 15) is 4.39 Å². The number of ether oxygens (including phenoxy) is 1. The first-order valence-electron chi connectivity index (χ1n) is 5.85. The Bertz CT molecular complexity index is 484. The molecular formula is C12H15ClFN3O2. The summed E-state index contributed by atoms with van der Waals surface area (Å²) in [4.78, 5) is 2.05. The van der Waals surface area contributed by atoms with Crippen LogP contribution in [0.1, 0.15) is 5.56 Å². The number of halogens is 2. The summed E-state index contributed by atoms with van der Waals surface area (Å²) in [5, 5.41) is 11.7. The maximum Gasteiger partial charge on any atom is 0.169 e. The Balaban J connectivity index is 2.00. The number of hydrogen-bond donors (Lipinski definition) is 2. The van der Waals surface area contributed by atoms with Crippen LogP contribution < -0.4 is 5.73 Å². The fourth-order valence-corrected chi connectivity index (χ4v) is 2.10. The van der Waals surface area contributed by atoms with Crippen molar-refractivity contribution in [2.75, 3.05) is 19.7 Å². The highest BCUT2D eigenvalue weighted by Gasteiger charge is 2.23. The van der Waals surface area contributed by atoms with E-state index < -0.39 is 11.9 Å². The van der Waals surface area contributed by atoms with E-state index in [-0.39, 0.29) is 10.9 Å². The van der Waals surface area contributed by atoms with Gasteiger partial charge in [-0.3, -0.25) is 4.90 Å². The molecule has 1 fully saturated rings. The van der Waals surface area contributed by atoms with Gasteiger partial charge in [-0.1, -0.05) is 22.8 Å². The fourth-order valence-electron chi connectivity index (χ4n) is 1.99. The van der Waals surface area contributed by atoms with Crippen LogP contribution in [0.5, 0.6) is 0 Å². The zero-order chi connectivity index (χ0) is 13.8. The van der Waals surface area contributed by atoms with Gasteiger partial charge in [0.1, 0.15) is 11.9 Å². The van der Waals surface area contributed by atoms with Crippen molar-refractivity contribution in [1.29, 1.82) is 0 Å². The molecule has 0 bridgehead atoms. The first kappa shape index (κ1) is 14.0. The average Bonchev–Trinajstić information content (AvgIpc) is 2.42. The summed E-state index contributed by atoms with van der Waals surface area (Å²) in [6.07, 6.45) is -0.434. The van der Waals surface area contributed by atoms with Gasteiger partial charge in [-0.05, 0) is 17.7 Å². The minimum absolute atomic E-state index is 0.0481. The monoisotopic (exact) mass is 287 g/mol. The number of benzene rings is 1. The summed E-state index contributed by atoms with van der Waals surface area (Å²) in [5.74, 6) is -0.382. The van der Waals surface area contributed by atoms with Crippen molar-refractivity contribution in [1.82, 2.24) is 4.90 Å². The van der Waals surface area contributed by atoms with E-state index in [0.717, 1.165) is 5.56 Å². The van der Waals surface area contributed by atoms with Gasteiger partial charge in [-0.25, -0.2) is 4.39 Å². The lowest BCUT2D eigenvalue weighted by atomic mass is 10.1. The number of amidine groups is 1. The Morgan fingerprint density at radius 3 is 3.11 bits per heavy atom. The van der Waals surface area contributed by atoms with Crippen LogP contribution in [0.4, 0.5) is 4.39 Å². The van der Waals surface area contributed by atoms with Gasteiger partial charge in [-0.2, -0.15) is 0 Å². The molecule has 5 nitrogen and oxygen atoms in total. The van der Waals surface area contributed by atoms with Crippen molar-refractivity contribution in [3.05, 3.63) is 34.6 Å². The number of hydrogen-bond acceptors (Lipinski definition) is 4. The lowest BCUT2D eigenvalue weighted by Crippen LogP contribution is -2.48. The zero-order valence-corrected chi connectivity index (χ0v) is 11.0. The van der Waals surface area contributed by atoms with Crippen molar-refractivity contribution >= 4 is 17.4 Å². The van der Waals surface area contributed by atoms with Gasteiger partial charge in [0.05, 0.1) is 11.6 Å². The smallest absolute Gasteiger partial charge is 0.169 e. The first-order chi connectivity index (χ1) is 9.10. The molecule has 2 rings (SSSR count). The summed E-state index contributed by atoms with van der Waals surface area (Å²) in [6.45, 7) is 2.25. The van der Waals surface area contributed by atoms with Gasteiger partial charge in [0.25, 0.3) is 0 Å². The van der Waals surface area contributed by atoms with Crippen molar-refractivity contribution in [2.45, 2.75) is 12.6 Å². The molecule has 0 aromatic heterocycles. The third kappa shape index (κ3) is 3.56. The molecule has 1 atom stereocenters. The molecule has 1 aliphatic rings. The van der Waals surface area contributed by atoms with E-state index in [4.69, 9.17) is 27.3 Å². The van der Waals surface area contributed by atoms with E-state index >= 15 is 0 Å². The van der Waals surface area contributed by atoms with Crippen LogP contribution >= 0.6 is 11.6 Å². The van der Waals surface area contributed by atoms with E-state index in [0.29, 0.717) is 26.2 Å². The molecule has 19 heavy (non-hydrogen) atoms. The predicted octanol–water partition coefficient (Wildman–Crippen LogP) is 1.43. The highest BCUT2D eigenvalue weighted by atomic mass is 35.5. The largest absolute Gasteiger partial charge is 0.409 e. The van der Waals surface area contributed by atoms with Gasteiger partial charge in [-0.15, -0.1) is 0 Å². The predicted molar refractivity (Wildman–Crippen MR) is 69.8 cm³/mol. The Morgan fingerprint density at radius 2 is 2.42 bits per heavy atom. The van der Waals surface area contributed by atoms with Gasteiger partial charge < -0.3 is 15.7 Å². The van der Waals surface area contributed by atoms with Crippen molar-refractivity contribution < 1.29 is 14.3 Å². The SMILES string of the molecule is N/C(=N/O)C1CN(Cc2ccc(Cl)c(F)c2)CCO1. The van der Waals surface area contributed by atoms with Crippen LogP contribution in [0.3, 0.4) is 0 Å². The Hall–Kier alpha value is -1.37. The minimum Gasteiger partial charge on any atom is -0.409 e. The van der Waals surface area contributed by atoms with Crippen LogP contribution in [0.2, 0.25) is 5.02 Å². The quantitative estimate of drug-likeness (QED) is 0.382. The molecule has 1 aromatic rings. The molecule has 3 N–H and O–H groups in total. The summed E-state index contributed by atoms with van der Waals surface area (Å²) >= 11 is 5.64. The zero-order valence-electron chi connectivity index (χ0n) is 10.2. The highest BCUT2D eigenvalue weighted by Crippen LogP contribution is 2.17. The summed E-state index contributed by atoms with van der Waals surface area (Å²) < 4.78 is 18.7. The molecule has 104 valence electrons. The number of nitrogens with zero attached hydrogens (tertiary/aromatic N) is 2. The van der Waals surface area contributed by atoms with Crippen LogP contribution in [-0.4, -0.2) is 41.7 Å². The van der Waals surface area contributed by atoms with E-state index in [1.165, 1.54) is 12.1 Å². The lowest BCUT2D eigenvalue weighted by Gasteiger charge is -2.32. The van der Waals surface area contributed by atoms with E-state index in [1.54, 1.807) is 6.07 Å². The molecule has 7 heteroatoms. The maximum absolute atomic E-state index is 13.3. The number of rotatable bonds is 3. The molecule has 1 saturated heterocycles. The third-order valence-electron chi connectivity index (χ3n) is 2.99. The molecule has 0 saturated carbocycles. The molecule has 1 unspecified atom stereocenters. The molecule has 1 heterocycles. The fraction of sp³-hybridized carbons (Fsp3) is 0.417. The second-order valence-corrected chi connectivity index (χ2v) is 4.78. The molecule has 0 spiro atoms. The minimum atomic E-state index is -0.434. The number of nitrogens with two attached hydrogens (primary N) is 1. The number of morpholine rings is 1. The Kier molecular flexibility index (Phi) is 4.57. The van der Waals surface area contributed by atoms with Crippen LogP contribution in [0.25, 0.3) is 0 Å². The van der Waals surface area contributed by atoms with Gasteiger partial charge in [0, 0.05) is 19.6 Å². The van der Waals surface area contributed by atoms with Gasteiger partial charge >= 0.3 is 0 Å². The maximum atomic E-state index is 13.3. The topological polar surface area (TPSA) is 71.1 Å². The third-order valence-corrected chi connectivity index (χ3v) is 3.29. The van der Waals surface area contributed by atoms with Crippen LogP contribution in [0.15, 0.2) is 23.4 Å². The molecular weight excluding hydrogens is 273 g/mol. The standard InChI is InChI=1S/C12H15ClFN3O2/c13-9-2-1-8(5-10(9)14)6-17-3-4-19-11(7-17)12(15)16-18/h1-2,5,11,18H,3-4,6-7H2,(H2,15,16). The second-order valence-electron chi connectivity index (χ2n) is 4.37. The Morgan fingerprint density at radius 1 is 1.63 bits per heavy atom. The van der Waals surface area contributed by atoms with Gasteiger partial charge in [0.2, 0.25) is 0 Å². The first-order valence-corrected chi connectivity index (χ1v) is 6.23. The van der Waals surface area contributed by atoms with Crippen LogP contribution in [0, 0.1) is 5.82 Å². The summed E-state index contributed by atoms with van der Waals surface area (Å²) in [6, 6.07) is 4.73. The van der Waals surface area contributed by atoms with Crippen molar-refractivity contribution in [2.24, 2.45) is 10.9 Å². The molecule has 0 aliphatic carbocycles. The molecule has 1 aromatic carbocycles. The van der Waals surface area contributed by atoms with E-state index in [2.05, 4.69) is 10.1 Å². The highest BCUT2D eigenvalue weighted by molar-refractivity contribution is 6.30. The van der Waals surface area contributed by atoms with E-state index in [1.807, 2.05) is 0 Å². The number of oxime groups is 1. The average molecular weight is 288 g/mol. The molecule has 0 amide bonds.